The summed E-state index contributed by atoms with van der Waals surface area (Å²) in [5, 5.41) is 11.1. The van der Waals surface area contributed by atoms with Crippen molar-refractivity contribution in [2.75, 3.05) is 18.4 Å². The van der Waals surface area contributed by atoms with Gasteiger partial charge in [0.05, 0.1) is 12.5 Å². The van der Waals surface area contributed by atoms with Crippen LogP contribution in [0, 0.1) is 0 Å². The summed E-state index contributed by atoms with van der Waals surface area (Å²) in [5.41, 5.74) is 0.816. The Morgan fingerprint density at radius 2 is 2.29 bits per heavy atom. The molecule has 0 aliphatic carbocycles. The van der Waals surface area contributed by atoms with Crippen molar-refractivity contribution in [3.8, 4) is 0 Å². The zero-order valence-electron chi connectivity index (χ0n) is 11.6. The van der Waals surface area contributed by atoms with E-state index in [1.54, 1.807) is 6.07 Å². The van der Waals surface area contributed by atoms with Gasteiger partial charge < -0.3 is 10.6 Å². The first-order valence-electron chi connectivity index (χ1n) is 7.01. The monoisotopic (exact) mass is 304 g/mol. The summed E-state index contributed by atoms with van der Waals surface area (Å²) in [6.45, 7) is 1.94. The summed E-state index contributed by atoms with van der Waals surface area (Å²) < 4.78 is 1.91. The van der Waals surface area contributed by atoms with Crippen molar-refractivity contribution in [1.29, 1.82) is 0 Å². The molecule has 1 atom stereocenters. The number of halogens is 1. The molecule has 0 radical (unpaired) electrons. The Labute approximate surface area is 128 Å². The lowest BCUT2D eigenvalue weighted by atomic mass is 10.1. The molecule has 2 heterocycles. The lowest BCUT2D eigenvalue weighted by Gasteiger charge is -2.08. The van der Waals surface area contributed by atoms with Crippen LogP contribution in [0.1, 0.15) is 18.0 Å². The highest BCUT2D eigenvalue weighted by atomic mass is 35.5. The zero-order valence-corrected chi connectivity index (χ0v) is 12.3. The third kappa shape index (κ3) is 3.43. The molecule has 3 rings (SSSR count). The average molecular weight is 305 g/mol. The van der Waals surface area contributed by atoms with Gasteiger partial charge in [0.25, 0.3) is 0 Å². The van der Waals surface area contributed by atoms with Crippen LogP contribution in [0.5, 0.6) is 0 Å². The van der Waals surface area contributed by atoms with Gasteiger partial charge >= 0.3 is 0 Å². The topological polar surface area (TPSA) is 59.0 Å². The predicted octanol–water partition coefficient (Wildman–Crippen LogP) is 2.25. The molecule has 21 heavy (non-hydrogen) atoms. The van der Waals surface area contributed by atoms with Crippen molar-refractivity contribution < 1.29 is 4.79 Å². The van der Waals surface area contributed by atoms with Gasteiger partial charge in [0.2, 0.25) is 5.91 Å². The van der Waals surface area contributed by atoms with Crippen LogP contribution in [-0.2, 0) is 11.2 Å². The number of hydrogen-bond donors (Lipinski definition) is 2. The lowest BCUT2D eigenvalue weighted by molar-refractivity contribution is -0.115. The molecule has 0 saturated carbocycles. The molecule has 0 bridgehead atoms. The van der Waals surface area contributed by atoms with Crippen molar-refractivity contribution in [2.45, 2.75) is 18.9 Å². The highest BCUT2D eigenvalue weighted by Gasteiger charge is 2.17. The number of rotatable bonds is 4. The van der Waals surface area contributed by atoms with E-state index < -0.39 is 0 Å². The number of anilines is 1. The quantitative estimate of drug-likeness (QED) is 0.911. The lowest BCUT2D eigenvalue weighted by Crippen LogP contribution is -2.17. The normalized spacial score (nSPS) is 17.9. The first-order valence-corrected chi connectivity index (χ1v) is 7.39. The molecule has 1 amide bonds. The standard InChI is InChI=1S/C15H17ClN4O/c16-13-4-2-1-3-11(13)9-15(21)18-14-6-8-20(19-14)12-5-7-17-10-12/h1-4,6,8,12,17H,5,7,9-10H2,(H,18,19,21)/t12-/m1/s1. The first kappa shape index (κ1) is 14.1. The van der Waals surface area contributed by atoms with Gasteiger partial charge in [0.1, 0.15) is 0 Å². The number of carbonyl (C=O) groups is 1. The van der Waals surface area contributed by atoms with Crippen LogP contribution in [0.15, 0.2) is 36.5 Å². The molecule has 1 aromatic heterocycles. The number of nitrogens with zero attached hydrogens (tertiary/aromatic N) is 2. The molecule has 6 heteroatoms. The zero-order chi connectivity index (χ0) is 14.7. The Morgan fingerprint density at radius 3 is 3.05 bits per heavy atom. The Balaban J connectivity index is 1.61. The number of aromatic nitrogens is 2. The fraction of sp³-hybridized carbons (Fsp3) is 0.333. The largest absolute Gasteiger partial charge is 0.315 e. The number of benzene rings is 1. The van der Waals surface area contributed by atoms with Crippen molar-refractivity contribution in [2.24, 2.45) is 0 Å². The average Bonchev–Trinajstić information content (AvgIpc) is 3.12. The molecule has 0 unspecified atom stereocenters. The van der Waals surface area contributed by atoms with E-state index in [-0.39, 0.29) is 12.3 Å². The Hall–Kier alpha value is -1.85. The molecular weight excluding hydrogens is 288 g/mol. The summed E-state index contributed by atoms with van der Waals surface area (Å²) in [6, 6.07) is 9.55. The minimum absolute atomic E-state index is 0.113. The third-order valence-electron chi connectivity index (χ3n) is 3.59. The molecule has 1 saturated heterocycles. The fourth-order valence-corrected chi connectivity index (χ4v) is 2.68. The molecule has 1 aliphatic heterocycles. The van der Waals surface area contributed by atoms with E-state index in [4.69, 9.17) is 11.6 Å². The minimum Gasteiger partial charge on any atom is -0.315 e. The van der Waals surface area contributed by atoms with Crippen LogP contribution >= 0.6 is 11.6 Å². The molecule has 110 valence electrons. The van der Waals surface area contributed by atoms with E-state index in [1.807, 2.05) is 35.1 Å². The molecule has 1 fully saturated rings. The molecule has 0 spiro atoms. The molecule has 1 aromatic carbocycles. The third-order valence-corrected chi connectivity index (χ3v) is 3.96. The van der Waals surface area contributed by atoms with Crippen molar-refractivity contribution in [3.05, 3.63) is 47.1 Å². The number of nitrogens with one attached hydrogen (secondary N) is 2. The van der Waals surface area contributed by atoms with Crippen LogP contribution in [0.3, 0.4) is 0 Å². The van der Waals surface area contributed by atoms with E-state index >= 15 is 0 Å². The second-order valence-corrected chi connectivity index (χ2v) is 5.55. The van der Waals surface area contributed by atoms with Gasteiger partial charge in [-0.2, -0.15) is 5.10 Å². The van der Waals surface area contributed by atoms with Crippen LogP contribution in [-0.4, -0.2) is 28.8 Å². The van der Waals surface area contributed by atoms with Crippen LogP contribution < -0.4 is 10.6 Å². The number of amides is 1. The molecule has 2 aromatic rings. The number of hydrogen-bond acceptors (Lipinski definition) is 3. The smallest absolute Gasteiger partial charge is 0.230 e. The summed E-state index contributed by atoms with van der Waals surface area (Å²) in [5.74, 6) is 0.469. The van der Waals surface area contributed by atoms with Gasteiger partial charge in [-0.3, -0.25) is 9.48 Å². The maximum Gasteiger partial charge on any atom is 0.230 e. The van der Waals surface area contributed by atoms with Crippen LogP contribution in [0.25, 0.3) is 0 Å². The van der Waals surface area contributed by atoms with Crippen LogP contribution in [0.4, 0.5) is 5.82 Å². The van der Waals surface area contributed by atoms with Gasteiger partial charge in [0.15, 0.2) is 5.82 Å². The molecule has 2 N–H and O–H groups in total. The van der Waals surface area contributed by atoms with Crippen molar-refractivity contribution in [1.82, 2.24) is 15.1 Å². The first-order chi connectivity index (χ1) is 10.2. The Bertz CT molecular complexity index is 634. The van der Waals surface area contributed by atoms with Gasteiger partial charge in [0, 0.05) is 23.8 Å². The van der Waals surface area contributed by atoms with E-state index in [0.29, 0.717) is 16.9 Å². The number of carbonyl (C=O) groups excluding carboxylic acids is 1. The van der Waals surface area contributed by atoms with Crippen molar-refractivity contribution >= 4 is 23.3 Å². The molecule has 1 aliphatic rings. The van der Waals surface area contributed by atoms with E-state index in [2.05, 4.69) is 15.7 Å². The van der Waals surface area contributed by atoms with E-state index in [0.717, 1.165) is 25.1 Å². The maximum absolute atomic E-state index is 12.0. The second kappa shape index (κ2) is 6.28. The van der Waals surface area contributed by atoms with Crippen molar-refractivity contribution in [3.63, 3.8) is 0 Å². The highest BCUT2D eigenvalue weighted by molar-refractivity contribution is 6.31. The van der Waals surface area contributed by atoms with Crippen LogP contribution in [0.2, 0.25) is 5.02 Å². The second-order valence-electron chi connectivity index (χ2n) is 5.14. The predicted molar refractivity (Wildman–Crippen MR) is 82.5 cm³/mol. The highest BCUT2D eigenvalue weighted by Crippen LogP contribution is 2.17. The summed E-state index contributed by atoms with van der Waals surface area (Å²) in [6.07, 6.45) is 3.22. The fourth-order valence-electron chi connectivity index (χ4n) is 2.48. The molecular formula is C15H17ClN4O. The van der Waals surface area contributed by atoms with E-state index in [1.165, 1.54) is 0 Å². The van der Waals surface area contributed by atoms with Gasteiger partial charge in [-0.1, -0.05) is 29.8 Å². The van der Waals surface area contributed by atoms with Gasteiger partial charge in [-0.05, 0) is 24.6 Å². The minimum atomic E-state index is -0.113. The van der Waals surface area contributed by atoms with Gasteiger partial charge in [-0.15, -0.1) is 0 Å². The molecule has 5 nitrogen and oxygen atoms in total. The maximum atomic E-state index is 12.0. The Kier molecular flexibility index (Phi) is 4.22. The van der Waals surface area contributed by atoms with Gasteiger partial charge in [-0.25, -0.2) is 0 Å². The Morgan fingerprint density at radius 1 is 1.43 bits per heavy atom. The summed E-state index contributed by atoms with van der Waals surface area (Å²) >= 11 is 6.05. The summed E-state index contributed by atoms with van der Waals surface area (Å²) in [7, 11) is 0. The SMILES string of the molecule is O=C(Cc1ccccc1Cl)Nc1ccn([C@@H]2CCNC2)n1. The summed E-state index contributed by atoms with van der Waals surface area (Å²) in [4.78, 5) is 12.0. The van der Waals surface area contributed by atoms with E-state index in [9.17, 15) is 4.79 Å².